The van der Waals surface area contributed by atoms with E-state index in [1.807, 2.05) is 85.7 Å². The Kier molecular flexibility index (Phi) is 8.15. The molecule has 2 aliphatic rings. The molecule has 0 spiro atoms. The van der Waals surface area contributed by atoms with E-state index in [0.29, 0.717) is 23.4 Å². The molecule has 2 aromatic carbocycles. The maximum Gasteiger partial charge on any atom is 0.338 e. The Labute approximate surface area is 216 Å². The van der Waals surface area contributed by atoms with Gasteiger partial charge in [-0.25, -0.2) is 9.79 Å². The van der Waals surface area contributed by atoms with Crippen molar-refractivity contribution in [3.05, 3.63) is 82.5 Å². The topological polar surface area (TPSA) is 80.2 Å². The minimum Gasteiger partial charge on any atom is -0.466 e. The van der Waals surface area contributed by atoms with Crippen molar-refractivity contribution in [1.29, 1.82) is 0 Å². The normalized spacial score (nSPS) is 17.7. The fourth-order valence-electron chi connectivity index (χ4n) is 4.19. The molecule has 0 saturated carbocycles. The summed E-state index contributed by atoms with van der Waals surface area (Å²) in [6.45, 7) is 5.99. The van der Waals surface area contributed by atoms with E-state index in [-0.39, 0.29) is 18.4 Å². The quantitative estimate of drug-likeness (QED) is 0.426. The first-order valence-corrected chi connectivity index (χ1v) is 13.0. The van der Waals surface area contributed by atoms with Gasteiger partial charge in [-0.3, -0.25) is 4.79 Å². The summed E-state index contributed by atoms with van der Waals surface area (Å²) in [6.07, 6.45) is 1.60. The fraction of sp³-hybridized carbons (Fsp3) is 0.321. The van der Waals surface area contributed by atoms with Crippen LogP contribution in [0.5, 0.6) is 11.5 Å². The van der Waals surface area contributed by atoms with Gasteiger partial charge in [-0.15, -0.1) is 0 Å². The van der Waals surface area contributed by atoms with Crippen molar-refractivity contribution in [3.8, 4) is 11.5 Å². The zero-order valence-electron chi connectivity index (χ0n) is 21.0. The highest BCUT2D eigenvalue weighted by Crippen LogP contribution is 2.46. The van der Waals surface area contributed by atoms with Crippen LogP contribution in [0.2, 0.25) is 0 Å². The third-order valence-corrected chi connectivity index (χ3v) is 7.03. The molecule has 2 aromatic rings. The number of nitrogens with one attached hydrogen (secondary N) is 1. The number of methoxy groups -OCH3 is 1. The van der Waals surface area contributed by atoms with Gasteiger partial charge in [0.25, 0.3) is 0 Å². The molecule has 0 aliphatic carbocycles. The highest BCUT2D eigenvalue weighted by atomic mass is 32.2. The molecule has 2 heterocycles. The lowest BCUT2D eigenvalue weighted by molar-refractivity contribution is -0.136. The lowest BCUT2D eigenvalue weighted by Gasteiger charge is -2.36. The van der Waals surface area contributed by atoms with Crippen LogP contribution >= 0.6 is 11.8 Å². The van der Waals surface area contributed by atoms with Crippen molar-refractivity contribution in [2.75, 3.05) is 7.11 Å². The SMILES string of the molecule is CCC1=C(C(=O)OC)C(c2cccc(Oc3ccccc3)c2)N2C(CC(=O)NC(C)CC)=CSC2=N1. The first kappa shape index (κ1) is 25.6. The number of rotatable bonds is 9. The van der Waals surface area contributed by atoms with E-state index in [1.54, 1.807) is 0 Å². The van der Waals surface area contributed by atoms with E-state index in [2.05, 4.69) is 5.32 Å². The van der Waals surface area contributed by atoms with Crippen molar-refractivity contribution in [3.63, 3.8) is 0 Å². The van der Waals surface area contributed by atoms with Crippen LogP contribution < -0.4 is 10.1 Å². The van der Waals surface area contributed by atoms with E-state index in [1.165, 1.54) is 18.9 Å². The lowest BCUT2D eigenvalue weighted by atomic mass is 9.92. The molecule has 8 heteroatoms. The summed E-state index contributed by atoms with van der Waals surface area (Å²) in [5.74, 6) is 0.867. The number of aliphatic imine (C=N–C) groups is 1. The van der Waals surface area contributed by atoms with Crippen LogP contribution in [0.1, 0.15) is 51.6 Å². The summed E-state index contributed by atoms with van der Waals surface area (Å²) in [7, 11) is 1.38. The second-order valence-corrected chi connectivity index (χ2v) is 9.48. The molecule has 1 N–H and O–H groups in total. The zero-order valence-corrected chi connectivity index (χ0v) is 21.8. The number of thioether (sulfide) groups is 1. The third-order valence-electron chi connectivity index (χ3n) is 6.14. The average Bonchev–Trinajstić information content (AvgIpc) is 3.29. The van der Waals surface area contributed by atoms with Crippen LogP contribution in [0.4, 0.5) is 0 Å². The van der Waals surface area contributed by atoms with E-state index < -0.39 is 12.0 Å². The summed E-state index contributed by atoms with van der Waals surface area (Å²) < 4.78 is 11.3. The van der Waals surface area contributed by atoms with Gasteiger partial charge in [0.05, 0.1) is 30.8 Å². The Hall–Kier alpha value is -3.52. The number of carbonyl (C=O) groups excluding carboxylic acids is 2. The number of nitrogens with zero attached hydrogens (tertiary/aromatic N) is 2. The molecule has 7 nitrogen and oxygen atoms in total. The molecule has 0 radical (unpaired) electrons. The maximum atomic E-state index is 13.1. The Morgan fingerprint density at radius 3 is 2.56 bits per heavy atom. The largest absolute Gasteiger partial charge is 0.466 e. The standard InChI is InChI=1S/C28H31N3O4S/c1-5-18(3)29-24(32)16-20-17-36-28-30-23(6-2)25(27(33)34-4)26(31(20)28)19-11-10-14-22(15-19)35-21-12-8-7-9-13-21/h7-15,17-18,26H,5-6,16H2,1-4H3,(H,29,32). The second kappa shape index (κ2) is 11.5. The second-order valence-electron chi connectivity index (χ2n) is 8.64. The molecule has 36 heavy (non-hydrogen) atoms. The van der Waals surface area contributed by atoms with Gasteiger partial charge in [0.1, 0.15) is 11.5 Å². The predicted octanol–water partition coefficient (Wildman–Crippen LogP) is 5.92. The predicted molar refractivity (Wildman–Crippen MR) is 142 cm³/mol. The van der Waals surface area contributed by atoms with Gasteiger partial charge in [-0.2, -0.15) is 0 Å². The number of amides is 1. The van der Waals surface area contributed by atoms with Gasteiger partial charge in [0.15, 0.2) is 5.17 Å². The van der Waals surface area contributed by atoms with E-state index in [9.17, 15) is 9.59 Å². The van der Waals surface area contributed by atoms with Crippen molar-refractivity contribution in [2.24, 2.45) is 4.99 Å². The number of ether oxygens (including phenoxy) is 2. The van der Waals surface area contributed by atoms with Gasteiger partial charge in [0, 0.05) is 11.7 Å². The van der Waals surface area contributed by atoms with Crippen molar-refractivity contribution in [2.45, 2.75) is 52.1 Å². The van der Waals surface area contributed by atoms with Gasteiger partial charge in [-0.05, 0) is 55.0 Å². The molecule has 0 fully saturated rings. The summed E-state index contributed by atoms with van der Waals surface area (Å²) in [5.41, 5.74) is 2.78. The van der Waals surface area contributed by atoms with Crippen LogP contribution in [0.15, 0.2) is 82.0 Å². The van der Waals surface area contributed by atoms with Crippen molar-refractivity contribution in [1.82, 2.24) is 10.2 Å². The third kappa shape index (κ3) is 5.49. The van der Waals surface area contributed by atoms with Crippen LogP contribution in [-0.2, 0) is 14.3 Å². The lowest BCUT2D eigenvalue weighted by Crippen LogP contribution is -2.39. The minimum absolute atomic E-state index is 0.0674. The number of esters is 1. The average molecular weight is 506 g/mol. The van der Waals surface area contributed by atoms with Crippen LogP contribution in [-0.4, -0.2) is 35.1 Å². The Morgan fingerprint density at radius 1 is 1.11 bits per heavy atom. The fourth-order valence-corrected chi connectivity index (χ4v) is 5.13. The summed E-state index contributed by atoms with van der Waals surface area (Å²) in [5, 5.41) is 5.71. The number of hydrogen-bond acceptors (Lipinski definition) is 7. The molecular formula is C28H31N3O4S. The molecule has 4 rings (SSSR count). The van der Waals surface area contributed by atoms with Crippen molar-refractivity contribution >= 4 is 28.8 Å². The summed E-state index contributed by atoms with van der Waals surface area (Å²) in [6, 6.07) is 16.8. The molecule has 0 saturated heterocycles. The monoisotopic (exact) mass is 505 g/mol. The Balaban J connectivity index is 1.73. The first-order valence-electron chi connectivity index (χ1n) is 12.1. The minimum atomic E-state index is -0.503. The number of benzene rings is 2. The molecule has 2 aliphatic heterocycles. The van der Waals surface area contributed by atoms with Gasteiger partial charge < -0.3 is 19.7 Å². The Bertz CT molecular complexity index is 1220. The smallest absolute Gasteiger partial charge is 0.338 e. The molecule has 0 aromatic heterocycles. The van der Waals surface area contributed by atoms with E-state index in [0.717, 1.165) is 28.6 Å². The number of para-hydroxylation sites is 1. The molecule has 188 valence electrons. The first-order chi connectivity index (χ1) is 17.4. The Morgan fingerprint density at radius 2 is 1.86 bits per heavy atom. The number of fused-ring (bicyclic) bond motifs is 1. The summed E-state index contributed by atoms with van der Waals surface area (Å²) >= 11 is 1.46. The van der Waals surface area contributed by atoms with Gasteiger partial charge in [-0.1, -0.05) is 55.9 Å². The summed E-state index contributed by atoms with van der Waals surface area (Å²) in [4.78, 5) is 32.6. The molecular weight excluding hydrogens is 474 g/mol. The number of allylic oxidation sites excluding steroid dienone is 1. The molecule has 2 atom stereocenters. The number of amidine groups is 1. The number of hydrogen-bond donors (Lipinski definition) is 1. The van der Waals surface area contributed by atoms with Crippen LogP contribution in [0.3, 0.4) is 0 Å². The zero-order chi connectivity index (χ0) is 25.7. The van der Waals surface area contributed by atoms with Crippen LogP contribution in [0.25, 0.3) is 0 Å². The van der Waals surface area contributed by atoms with Crippen molar-refractivity contribution < 1.29 is 19.1 Å². The van der Waals surface area contributed by atoms with E-state index in [4.69, 9.17) is 14.5 Å². The van der Waals surface area contributed by atoms with Crippen LogP contribution in [0, 0.1) is 0 Å². The van der Waals surface area contributed by atoms with E-state index >= 15 is 0 Å². The molecule has 0 bridgehead atoms. The van der Waals surface area contributed by atoms with Gasteiger partial charge >= 0.3 is 5.97 Å². The highest BCUT2D eigenvalue weighted by molar-refractivity contribution is 8.16. The molecule has 1 amide bonds. The number of carbonyl (C=O) groups is 2. The molecule has 2 unspecified atom stereocenters. The maximum absolute atomic E-state index is 13.1. The highest BCUT2D eigenvalue weighted by Gasteiger charge is 2.41. The van der Waals surface area contributed by atoms with Gasteiger partial charge in [0.2, 0.25) is 5.91 Å².